The molecule has 10 heavy (non-hydrogen) atoms. The lowest BCUT2D eigenvalue weighted by Gasteiger charge is -2.04. The maximum Gasteiger partial charge on any atom is 0.164 e. The molecule has 2 rings (SSSR count). The monoisotopic (exact) mass is 139 g/mol. The minimum atomic E-state index is 0.0278. The molecule has 0 saturated carbocycles. The molecule has 0 aromatic rings. The van der Waals surface area contributed by atoms with Crippen molar-refractivity contribution in [1.82, 2.24) is 5.32 Å². The van der Waals surface area contributed by atoms with Crippen LogP contribution in [-0.4, -0.2) is 24.0 Å². The summed E-state index contributed by atoms with van der Waals surface area (Å²) in [6.07, 6.45) is 1.36. The van der Waals surface area contributed by atoms with Crippen LogP contribution in [0.3, 0.4) is 0 Å². The fourth-order valence-electron chi connectivity index (χ4n) is 1.65. The number of rotatable bonds is 0. The zero-order valence-electron chi connectivity index (χ0n) is 5.50. The Morgan fingerprint density at radius 3 is 2.90 bits per heavy atom. The van der Waals surface area contributed by atoms with Crippen LogP contribution in [0.5, 0.6) is 0 Å². The number of allylic oxidation sites excluding steroid dienone is 1. The lowest BCUT2D eigenvalue weighted by molar-refractivity contribution is -0.117. The van der Waals surface area contributed by atoms with E-state index in [1.807, 2.05) is 0 Å². The van der Waals surface area contributed by atoms with Crippen LogP contribution < -0.4 is 5.32 Å². The van der Waals surface area contributed by atoms with Crippen molar-refractivity contribution < 1.29 is 9.90 Å². The summed E-state index contributed by atoms with van der Waals surface area (Å²) in [7, 11) is 0. The van der Waals surface area contributed by atoms with Gasteiger partial charge in [-0.25, -0.2) is 0 Å². The molecule has 1 aliphatic heterocycles. The summed E-state index contributed by atoms with van der Waals surface area (Å²) < 4.78 is 0. The first-order valence-corrected chi connectivity index (χ1v) is 3.44. The van der Waals surface area contributed by atoms with Crippen molar-refractivity contribution >= 4 is 5.78 Å². The molecule has 2 atom stereocenters. The molecule has 1 saturated heterocycles. The van der Waals surface area contributed by atoms with Gasteiger partial charge in [0, 0.05) is 31.0 Å². The quantitative estimate of drug-likeness (QED) is 0.490. The van der Waals surface area contributed by atoms with Gasteiger partial charge < -0.3 is 10.4 Å². The number of fused-ring (bicyclic) bond motifs is 1. The van der Waals surface area contributed by atoms with Crippen molar-refractivity contribution in [2.24, 2.45) is 11.8 Å². The summed E-state index contributed by atoms with van der Waals surface area (Å²) >= 11 is 0. The molecule has 2 aliphatic rings. The lowest BCUT2D eigenvalue weighted by atomic mass is 9.98. The average molecular weight is 139 g/mol. The second-order valence-electron chi connectivity index (χ2n) is 2.84. The second kappa shape index (κ2) is 1.83. The molecule has 0 unspecified atom stereocenters. The van der Waals surface area contributed by atoms with Gasteiger partial charge in [0.25, 0.3) is 0 Å². The first-order valence-electron chi connectivity index (χ1n) is 3.44. The highest BCUT2D eigenvalue weighted by atomic mass is 16.3. The molecule has 0 spiro atoms. The zero-order valence-corrected chi connectivity index (χ0v) is 5.50. The summed E-state index contributed by atoms with van der Waals surface area (Å²) in [5.74, 6) is 0.444. The number of nitrogens with one attached hydrogen (secondary N) is 1. The largest absolute Gasteiger partial charge is 0.512 e. The number of carbonyl (C=O) groups excluding carboxylic acids is 1. The molecular formula is C7H9NO2. The molecule has 1 heterocycles. The van der Waals surface area contributed by atoms with E-state index in [4.69, 9.17) is 0 Å². The van der Waals surface area contributed by atoms with Crippen LogP contribution in [0.25, 0.3) is 0 Å². The number of carbonyl (C=O) groups is 1. The Morgan fingerprint density at radius 2 is 2.20 bits per heavy atom. The number of ketones is 1. The highest BCUT2D eigenvalue weighted by molar-refractivity contribution is 5.95. The Kier molecular flexibility index (Phi) is 1.08. The van der Waals surface area contributed by atoms with Crippen molar-refractivity contribution in [2.75, 3.05) is 13.1 Å². The predicted molar refractivity (Wildman–Crippen MR) is 35.6 cm³/mol. The van der Waals surface area contributed by atoms with Gasteiger partial charge >= 0.3 is 0 Å². The van der Waals surface area contributed by atoms with Gasteiger partial charge in [-0.1, -0.05) is 0 Å². The van der Waals surface area contributed by atoms with Gasteiger partial charge in [-0.15, -0.1) is 0 Å². The summed E-state index contributed by atoms with van der Waals surface area (Å²) in [5, 5.41) is 12.2. The highest BCUT2D eigenvalue weighted by Crippen LogP contribution is 2.29. The maximum absolute atomic E-state index is 11.0. The zero-order chi connectivity index (χ0) is 7.14. The van der Waals surface area contributed by atoms with E-state index in [9.17, 15) is 9.90 Å². The SMILES string of the molecule is O=C1C=C(O)[C@@H]2CNC[C@H]12. The third-order valence-electron chi connectivity index (χ3n) is 2.25. The summed E-state index contributed by atoms with van der Waals surface area (Å²) in [6.45, 7) is 1.47. The molecule has 0 amide bonds. The molecule has 2 N–H and O–H groups in total. The van der Waals surface area contributed by atoms with Gasteiger partial charge in [-0.3, -0.25) is 4.79 Å². The average Bonchev–Trinajstić information content (AvgIpc) is 2.39. The third kappa shape index (κ3) is 0.609. The number of hydrogen-bond donors (Lipinski definition) is 2. The van der Waals surface area contributed by atoms with E-state index < -0.39 is 0 Å². The van der Waals surface area contributed by atoms with Gasteiger partial charge in [0.2, 0.25) is 0 Å². The maximum atomic E-state index is 11.0. The smallest absolute Gasteiger partial charge is 0.164 e. The van der Waals surface area contributed by atoms with Gasteiger partial charge in [0.15, 0.2) is 5.78 Å². The minimum Gasteiger partial charge on any atom is -0.512 e. The van der Waals surface area contributed by atoms with Gasteiger partial charge in [0.1, 0.15) is 5.76 Å². The number of aliphatic hydroxyl groups excluding tert-OH is 1. The minimum absolute atomic E-state index is 0.0278. The Morgan fingerprint density at radius 1 is 1.50 bits per heavy atom. The van der Waals surface area contributed by atoms with Crippen LogP contribution in [0.1, 0.15) is 0 Å². The first kappa shape index (κ1) is 5.92. The molecule has 3 heteroatoms. The van der Waals surface area contributed by atoms with Gasteiger partial charge in [-0.05, 0) is 0 Å². The molecule has 1 fully saturated rings. The van der Waals surface area contributed by atoms with E-state index in [0.29, 0.717) is 0 Å². The number of aliphatic hydroxyl groups is 1. The van der Waals surface area contributed by atoms with Crippen molar-refractivity contribution in [3.05, 3.63) is 11.8 Å². The van der Waals surface area contributed by atoms with Crippen LogP contribution >= 0.6 is 0 Å². The predicted octanol–water partition coefficient (Wildman–Crippen LogP) is -0.153. The molecule has 0 aromatic heterocycles. The fraction of sp³-hybridized carbons (Fsp3) is 0.571. The standard InChI is InChI=1S/C7H9NO2/c9-6-1-7(10)5-3-8-2-4(5)6/h1,4-5,8-9H,2-3H2/t4-,5+/m1/s1. The van der Waals surface area contributed by atoms with Crippen molar-refractivity contribution in [3.8, 4) is 0 Å². The van der Waals surface area contributed by atoms with Crippen molar-refractivity contribution in [3.63, 3.8) is 0 Å². The lowest BCUT2D eigenvalue weighted by Crippen LogP contribution is -2.15. The highest BCUT2D eigenvalue weighted by Gasteiger charge is 2.39. The summed E-state index contributed by atoms with van der Waals surface area (Å²) in [5.41, 5.74) is 0. The van der Waals surface area contributed by atoms with Crippen LogP contribution in [0.15, 0.2) is 11.8 Å². The van der Waals surface area contributed by atoms with E-state index >= 15 is 0 Å². The van der Waals surface area contributed by atoms with Crippen LogP contribution in [0, 0.1) is 11.8 Å². The third-order valence-corrected chi connectivity index (χ3v) is 2.25. The summed E-state index contributed by atoms with van der Waals surface area (Å²) in [4.78, 5) is 11.0. The molecule has 1 aliphatic carbocycles. The second-order valence-corrected chi connectivity index (χ2v) is 2.84. The molecular weight excluding hydrogens is 130 g/mol. The number of hydrogen-bond acceptors (Lipinski definition) is 3. The van der Waals surface area contributed by atoms with Crippen molar-refractivity contribution in [1.29, 1.82) is 0 Å². The van der Waals surface area contributed by atoms with E-state index in [2.05, 4.69) is 5.32 Å². The van der Waals surface area contributed by atoms with Gasteiger partial charge in [-0.2, -0.15) is 0 Å². The van der Waals surface area contributed by atoms with Crippen LogP contribution in [-0.2, 0) is 4.79 Å². The van der Waals surface area contributed by atoms with Gasteiger partial charge in [0.05, 0.1) is 0 Å². The van der Waals surface area contributed by atoms with Crippen LogP contribution in [0.4, 0.5) is 0 Å². The first-order chi connectivity index (χ1) is 4.79. The van der Waals surface area contributed by atoms with E-state index in [1.165, 1.54) is 6.08 Å². The molecule has 0 bridgehead atoms. The van der Waals surface area contributed by atoms with E-state index in [0.717, 1.165) is 13.1 Å². The Balaban J connectivity index is 2.29. The van der Waals surface area contributed by atoms with Crippen LogP contribution in [0.2, 0.25) is 0 Å². The molecule has 3 nitrogen and oxygen atoms in total. The summed E-state index contributed by atoms with van der Waals surface area (Å²) in [6, 6.07) is 0. The Labute approximate surface area is 58.7 Å². The molecule has 54 valence electrons. The topological polar surface area (TPSA) is 49.3 Å². The van der Waals surface area contributed by atoms with E-state index in [-0.39, 0.29) is 23.4 Å². The van der Waals surface area contributed by atoms with Crippen molar-refractivity contribution in [2.45, 2.75) is 0 Å². The Hall–Kier alpha value is -0.830. The fourth-order valence-corrected chi connectivity index (χ4v) is 1.65. The Bertz CT molecular complexity index is 210. The van der Waals surface area contributed by atoms with E-state index in [1.54, 1.807) is 0 Å². The molecule has 0 radical (unpaired) electrons. The normalized spacial score (nSPS) is 38.0. The molecule has 0 aromatic carbocycles.